The van der Waals surface area contributed by atoms with Gasteiger partial charge in [-0.1, -0.05) is 24.3 Å². The fourth-order valence-electron chi connectivity index (χ4n) is 6.40. The van der Waals surface area contributed by atoms with Crippen LogP contribution in [-0.4, -0.2) is 40.4 Å². The molecule has 1 fully saturated rings. The van der Waals surface area contributed by atoms with E-state index in [1.807, 2.05) is 18.5 Å². The van der Waals surface area contributed by atoms with Crippen molar-refractivity contribution in [3.05, 3.63) is 77.0 Å². The molecule has 2 aromatic heterocycles. The van der Waals surface area contributed by atoms with E-state index in [1.54, 1.807) is 0 Å². The SMILES string of the molecule is N[C@H]1c2ccccc2CC12CCN(c1cnc3c(n1)CN=C3N1CCCc3ncccc31)CC2. The van der Waals surface area contributed by atoms with Crippen molar-refractivity contribution < 1.29 is 0 Å². The van der Waals surface area contributed by atoms with Gasteiger partial charge in [-0.05, 0) is 60.8 Å². The number of pyridine rings is 1. The molecule has 5 heterocycles. The van der Waals surface area contributed by atoms with Crippen LogP contribution >= 0.6 is 0 Å². The molecular formula is C27H29N7. The lowest BCUT2D eigenvalue weighted by Crippen LogP contribution is -2.44. The van der Waals surface area contributed by atoms with E-state index >= 15 is 0 Å². The zero-order valence-electron chi connectivity index (χ0n) is 19.3. The summed E-state index contributed by atoms with van der Waals surface area (Å²) in [6.07, 6.45) is 9.17. The van der Waals surface area contributed by atoms with Crippen LogP contribution in [0.15, 0.2) is 53.8 Å². The number of aromatic nitrogens is 3. The highest BCUT2D eigenvalue weighted by Gasteiger charge is 2.46. The van der Waals surface area contributed by atoms with Crippen LogP contribution in [0.4, 0.5) is 11.5 Å². The molecule has 0 radical (unpaired) electrons. The molecule has 1 spiro atoms. The molecule has 3 aromatic rings. The molecule has 1 atom stereocenters. The third-order valence-electron chi connectivity index (χ3n) is 8.31. The summed E-state index contributed by atoms with van der Waals surface area (Å²) in [5.41, 5.74) is 13.9. The monoisotopic (exact) mass is 451 g/mol. The van der Waals surface area contributed by atoms with E-state index < -0.39 is 0 Å². The van der Waals surface area contributed by atoms with Gasteiger partial charge in [-0.2, -0.15) is 0 Å². The van der Waals surface area contributed by atoms with Crippen LogP contribution in [0.3, 0.4) is 0 Å². The lowest BCUT2D eigenvalue weighted by Gasteiger charge is -2.42. The lowest BCUT2D eigenvalue weighted by molar-refractivity contribution is 0.187. The van der Waals surface area contributed by atoms with Crippen LogP contribution < -0.4 is 15.5 Å². The van der Waals surface area contributed by atoms with Crippen molar-refractivity contribution in [2.75, 3.05) is 29.4 Å². The van der Waals surface area contributed by atoms with Crippen molar-refractivity contribution in [2.45, 2.75) is 44.7 Å². The van der Waals surface area contributed by atoms with Crippen molar-refractivity contribution in [1.82, 2.24) is 15.0 Å². The van der Waals surface area contributed by atoms with Crippen molar-refractivity contribution in [1.29, 1.82) is 0 Å². The van der Waals surface area contributed by atoms with Gasteiger partial charge < -0.3 is 15.5 Å². The molecule has 7 rings (SSSR count). The standard InChI is InChI=1S/C27H29N7/c28-25-19-6-2-1-5-18(19)15-27(25)9-13-33(14-10-27)23-17-30-24-21(32-23)16-31-26(24)34-12-4-7-20-22(34)8-3-11-29-20/h1-3,5-6,8,11,17,25H,4,7,9-10,12-16,28H2/t25-/m0/s1. The van der Waals surface area contributed by atoms with Crippen LogP contribution in [0.2, 0.25) is 0 Å². The maximum atomic E-state index is 6.76. The third-order valence-corrected chi connectivity index (χ3v) is 8.31. The molecule has 4 aliphatic rings. The molecule has 0 bridgehead atoms. The average molecular weight is 452 g/mol. The summed E-state index contributed by atoms with van der Waals surface area (Å²) >= 11 is 0. The molecule has 0 unspecified atom stereocenters. The van der Waals surface area contributed by atoms with Crippen molar-refractivity contribution in [2.24, 2.45) is 16.1 Å². The second kappa shape index (κ2) is 7.60. The summed E-state index contributed by atoms with van der Waals surface area (Å²) < 4.78 is 0. The highest BCUT2D eigenvalue weighted by Crippen LogP contribution is 2.50. The Morgan fingerprint density at radius 3 is 2.74 bits per heavy atom. The van der Waals surface area contributed by atoms with Gasteiger partial charge in [0.1, 0.15) is 11.5 Å². The molecule has 3 aliphatic heterocycles. The predicted molar refractivity (Wildman–Crippen MR) is 133 cm³/mol. The number of anilines is 2. The molecule has 0 saturated carbocycles. The van der Waals surface area contributed by atoms with Gasteiger partial charge in [0.05, 0.1) is 29.8 Å². The zero-order chi connectivity index (χ0) is 22.7. The van der Waals surface area contributed by atoms with Crippen molar-refractivity contribution in [3.8, 4) is 0 Å². The number of aryl methyl sites for hydroxylation is 1. The Labute approximate surface area is 199 Å². The van der Waals surface area contributed by atoms with Gasteiger partial charge in [-0.25, -0.2) is 9.97 Å². The number of nitrogens with two attached hydrogens (primary N) is 1. The van der Waals surface area contributed by atoms with Gasteiger partial charge >= 0.3 is 0 Å². The summed E-state index contributed by atoms with van der Waals surface area (Å²) in [4.78, 5) is 24.0. The molecule has 1 aliphatic carbocycles. The number of benzene rings is 1. The summed E-state index contributed by atoms with van der Waals surface area (Å²) in [7, 11) is 0. The highest BCUT2D eigenvalue weighted by molar-refractivity contribution is 6.11. The second-order valence-electron chi connectivity index (χ2n) is 10.1. The predicted octanol–water partition coefficient (Wildman–Crippen LogP) is 3.43. The average Bonchev–Trinajstić information content (AvgIpc) is 3.43. The van der Waals surface area contributed by atoms with Crippen LogP contribution in [0.1, 0.15) is 53.5 Å². The second-order valence-corrected chi connectivity index (χ2v) is 10.1. The number of hydrogen-bond donors (Lipinski definition) is 1. The molecule has 1 saturated heterocycles. The Bertz CT molecular complexity index is 1290. The Morgan fingerprint density at radius 1 is 0.971 bits per heavy atom. The van der Waals surface area contributed by atoms with Crippen molar-refractivity contribution >= 4 is 17.3 Å². The number of aliphatic imine (C=N–C) groups is 1. The van der Waals surface area contributed by atoms with Gasteiger partial charge in [0.15, 0.2) is 5.84 Å². The summed E-state index contributed by atoms with van der Waals surface area (Å²) in [5.74, 6) is 1.91. The van der Waals surface area contributed by atoms with Gasteiger partial charge in [-0.3, -0.25) is 9.98 Å². The molecule has 172 valence electrons. The minimum Gasteiger partial charge on any atom is -0.355 e. The molecule has 7 heteroatoms. The van der Waals surface area contributed by atoms with Gasteiger partial charge in [0.25, 0.3) is 0 Å². The first-order chi connectivity index (χ1) is 16.7. The maximum Gasteiger partial charge on any atom is 0.156 e. The van der Waals surface area contributed by atoms with Crippen molar-refractivity contribution in [3.63, 3.8) is 0 Å². The smallest absolute Gasteiger partial charge is 0.156 e. The minimum atomic E-state index is 0.134. The fourth-order valence-corrected chi connectivity index (χ4v) is 6.40. The Hall–Kier alpha value is -3.32. The number of amidine groups is 1. The summed E-state index contributed by atoms with van der Waals surface area (Å²) in [5, 5.41) is 0. The van der Waals surface area contributed by atoms with E-state index in [9.17, 15) is 0 Å². The lowest BCUT2D eigenvalue weighted by atomic mass is 9.73. The van der Waals surface area contributed by atoms with E-state index in [1.165, 1.54) is 11.1 Å². The number of fused-ring (bicyclic) bond motifs is 3. The first-order valence-electron chi connectivity index (χ1n) is 12.4. The van der Waals surface area contributed by atoms with Crippen LogP contribution in [0.5, 0.6) is 0 Å². The van der Waals surface area contributed by atoms with Crippen LogP contribution in [-0.2, 0) is 19.4 Å². The van der Waals surface area contributed by atoms with Crippen LogP contribution in [0.25, 0.3) is 0 Å². The normalized spacial score (nSPS) is 22.4. The fraction of sp³-hybridized carbons (Fsp3) is 0.407. The number of hydrogen-bond acceptors (Lipinski definition) is 7. The maximum absolute atomic E-state index is 6.76. The van der Waals surface area contributed by atoms with E-state index in [0.717, 1.165) is 86.2 Å². The first kappa shape index (κ1) is 20.1. The van der Waals surface area contributed by atoms with Gasteiger partial charge in [0.2, 0.25) is 0 Å². The molecule has 0 amide bonds. The molecule has 7 nitrogen and oxygen atoms in total. The van der Waals surface area contributed by atoms with E-state index in [4.69, 9.17) is 20.7 Å². The summed E-state index contributed by atoms with van der Waals surface area (Å²) in [6.45, 7) is 3.47. The number of nitrogens with zero attached hydrogens (tertiary/aromatic N) is 6. The minimum absolute atomic E-state index is 0.134. The quantitative estimate of drug-likeness (QED) is 0.610. The highest BCUT2D eigenvalue weighted by atomic mass is 15.3. The molecular weight excluding hydrogens is 422 g/mol. The van der Waals surface area contributed by atoms with Crippen LogP contribution in [0, 0.1) is 5.41 Å². The van der Waals surface area contributed by atoms with E-state index in [2.05, 4.69) is 45.1 Å². The first-order valence-corrected chi connectivity index (χ1v) is 12.4. The number of rotatable bonds is 1. The topological polar surface area (TPSA) is 83.5 Å². The Morgan fingerprint density at radius 2 is 1.85 bits per heavy atom. The van der Waals surface area contributed by atoms with Gasteiger partial charge in [-0.15, -0.1) is 0 Å². The van der Waals surface area contributed by atoms with E-state index in [0.29, 0.717) is 6.54 Å². The third kappa shape index (κ3) is 2.99. The summed E-state index contributed by atoms with van der Waals surface area (Å²) in [6, 6.07) is 13.0. The molecule has 1 aromatic carbocycles. The molecule has 34 heavy (non-hydrogen) atoms. The van der Waals surface area contributed by atoms with Gasteiger partial charge in [0, 0.05) is 31.9 Å². The Kier molecular flexibility index (Phi) is 4.49. The largest absolute Gasteiger partial charge is 0.355 e. The number of piperidine rings is 1. The zero-order valence-corrected chi connectivity index (χ0v) is 19.3. The Balaban J connectivity index is 1.09. The van der Waals surface area contributed by atoms with E-state index in [-0.39, 0.29) is 11.5 Å². The molecule has 2 N–H and O–H groups in total.